The number of carbonyl (C=O) groups excluding carboxylic acids is 1. The van der Waals surface area contributed by atoms with Crippen LogP contribution in [0.15, 0.2) is 70.5 Å². The molecule has 0 aliphatic carbocycles. The number of esters is 1. The number of oxazole rings is 1. The minimum Gasteiger partial charge on any atom is -0.466 e. The Morgan fingerprint density at radius 1 is 1.19 bits per heavy atom. The molecule has 27 heavy (non-hydrogen) atoms. The third-order valence-electron chi connectivity index (χ3n) is 4.84. The summed E-state index contributed by atoms with van der Waals surface area (Å²) in [5, 5.41) is 3.32. The number of rotatable bonds is 3. The summed E-state index contributed by atoms with van der Waals surface area (Å²) >= 11 is 0. The van der Waals surface area contributed by atoms with Gasteiger partial charge in [0.1, 0.15) is 5.52 Å². The molecule has 0 bridgehead atoms. The second kappa shape index (κ2) is 6.72. The fraction of sp³-hybridized carbons (Fsp3) is 0.190. The van der Waals surface area contributed by atoms with E-state index >= 15 is 0 Å². The van der Waals surface area contributed by atoms with Crippen molar-refractivity contribution in [2.45, 2.75) is 19.8 Å². The summed E-state index contributed by atoms with van der Waals surface area (Å²) in [5.74, 6) is -0.741. The third kappa shape index (κ3) is 2.79. The van der Waals surface area contributed by atoms with Crippen LogP contribution in [0.4, 0.5) is 0 Å². The van der Waals surface area contributed by atoms with Crippen LogP contribution in [0.1, 0.15) is 30.9 Å². The molecule has 1 aromatic carbocycles. The first kappa shape index (κ1) is 17.0. The zero-order chi connectivity index (χ0) is 19.0. The van der Waals surface area contributed by atoms with Crippen molar-refractivity contribution in [3.63, 3.8) is 0 Å². The highest BCUT2D eigenvalue weighted by Gasteiger charge is 2.36. The molecular formula is C21H19N3O3. The van der Waals surface area contributed by atoms with E-state index in [1.54, 1.807) is 12.4 Å². The molecule has 6 heteroatoms. The molecule has 0 fully saturated rings. The summed E-state index contributed by atoms with van der Waals surface area (Å²) < 4.78 is 10.8. The summed E-state index contributed by atoms with van der Waals surface area (Å²) in [6.07, 6.45) is 4.94. The SMILES string of the molecule is COC(=O)C1=C(C)NC(C)=C(c2cccnc2)C1c1cccc2ncoc12. The fourth-order valence-electron chi connectivity index (χ4n) is 3.73. The number of nitrogens with one attached hydrogen (secondary N) is 1. The van der Waals surface area contributed by atoms with Crippen molar-refractivity contribution in [1.82, 2.24) is 15.3 Å². The van der Waals surface area contributed by atoms with Crippen molar-refractivity contribution in [3.05, 3.63) is 77.2 Å². The summed E-state index contributed by atoms with van der Waals surface area (Å²) in [4.78, 5) is 21.2. The smallest absolute Gasteiger partial charge is 0.336 e. The Morgan fingerprint density at radius 3 is 2.78 bits per heavy atom. The number of methoxy groups -OCH3 is 1. The zero-order valence-corrected chi connectivity index (χ0v) is 15.3. The lowest BCUT2D eigenvalue weighted by Crippen LogP contribution is -2.28. The number of hydrogen-bond donors (Lipinski definition) is 1. The van der Waals surface area contributed by atoms with Crippen LogP contribution in [0.5, 0.6) is 0 Å². The Hall–Kier alpha value is -3.41. The van der Waals surface area contributed by atoms with Gasteiger partial charge in [0.2, 0.25) is 0 Å². The highest BCUT2D eigenvalue weighted by molar-refractivity contribution is 5.99. The predicted molar refractivity (Wildman–Crippen MR) is 101 cm³/mol. The molecular weight excluding hydrogens is 342 g/mol. The van der Waals surface area contributed by atoms with Gasteiger partial charge in [-0.1, -0.05) is 18.2 Å². The number of ether oxygens (including phenoxy) is 1. The summed E-state index contributed by atoms with van der Waals surface area (Å²) in [6, 6.07) is 9.63. The molecule has 2 aromatic heterocycles. The van der Waals surface area contributed by atoms with Crippen LogP contribution in [0.25, 0.3) is 16.7 Å². The highest BCUT2D eigenvalue weighted by atomic mass is 16.5. The van der Waals surface area contributed by atoms with Gasteiger partial charge < -0.3 is 14.5 Å². The first-order chi connectivity index (χ1) is 13.1. The van der Waals surface area contributed by atoms with E-state index < -0.39 is 0 Å². The number of benzene rings is 1. The second-order valence-corrected chi connectivity index (χ2v) is 6.42. The average molecular weight is 361 g/mol. The minimum absolute atomic E-state index is 0.362. The van der Waals surface area contributed by atoms with E-state index in [1.165, 1.54) is 13.5 Å². The van der Waals surface area contributed by atoms with Crippen LogP contribution >= 0.6 is 0 Å². The topological polar surface area (TPSA) is 77.2 Å². The van der Waals surface area contributed by atoms with Gasteiger partial charge in [-0.05, 0) is 37.1 Å². The molecule has 1 atom stereocenters. The van der Waals surface area contributed by atoms with Gasteiger partial charge in [-0.3, -0.25) is 4.98 Å². The molecule has 4 rings (SSSR count). The van der Waals surface area contributed by atoms with Crippen molar-refractivity contribution in [3.8, 4) is 0 Å². The maximum absolute atomic E-state index is 12.7. The molecule has 3 heterocycles. The van der Waals surface area contributed by atoms with Crippen molar-refractivity contribution < 1.29 is 13.9 Å². The second-order valence-electron chi connectivity index (χ2n) is 6.42. The Labute approximate surface area is 156 Å². The molecule has 3 aromatic rings. The van der Waals surface area contributed by atoms with Gasteiger partial charge in [-0.15, -0.1) is 0 Å². The van der Waals surface area contributed by atoms with Crippen LogP contribution in [-0.4, -0.2) is 23.0 Å². The van der Waals surface area contributed by atoms with Crippen LogP contribution in [0.3, 0.4) is 0 Å². The van der Waals surface area contributed by atoms with Gasteiger partial charge in [0, 0.05) is 35.3 Å². The number of aromatic nitrogens is 2. The maximum atomic E-state index is 12.7. The number of allylic oxidation sites excluding steroid dienone is 3. The Bertz CT molecular complexity index is 1080. The maximum Gasteiger partial charge on any atom is 0.336 e. The molecule has 0 saturated heterocycles. The molecule has 136 valence electrons. The van der Waals surface area contributed by atoms with Crippen molar-refractivity contribution >= 4 is 22.6 Å². The Kier molecular flexibility index (Phi) is 4.24. The number of hydrogen-bond acceptors (Lipinski definition) is 6. The van der Waals surface area contributed by atoms with Gasteiger partial charge in [0.15, 0.2) is 12.0 Å². The van der Waals surface area contributed by atoms with Crippen LogP contribution in [0, 0.1) is 0 Å². The summed E-state index contributed by atoms with van der Waals surface area (Å²) in [6.45, 7) is 3.87. The Morgan fingerprint density at radius 2 is 2.04 bits per heavy atom. The molecule has 0 saturated carbocycles. The lowest BCUT2D eigenvalue weighted by molar-refractivity contribution is -0.136. The molecule has 1 N–H and O–H groups in total. The zero-order valence-electron chi connectivity index (χ0n) is 15.3. The number of fused-ring (bicyclic) bond motifs is 1. The van der Waals surface area contributed by atoms with Gasteiger partial charge in [0.25, 0.3) is 0 Å². The van der Waals surface area contributed by atoms with Crippen LogP contribution in [-0.2, 0) is 9.53 Å². The molecule has 1 aliphatic rings. The van der Waals surface area contributed by atoms with Crippen molar-refractivity contribution in [1.29, 1.82) is 0 Å². The molecule has 6 nitrogen and oxygen atoms in total. The molecule has 0 radical (unpaired) electrons. The first-order valence-corrected chi connectivity index (χ1v) is 8.61. The van der Waals surface area contributed by atoms with E-state index in [0.717, 1.165) is 33.6 Å². The van der Waals surface area contributed by atoms with Crippen LogP contribution in [0.2, 0.25) is 0 Å². The lowest BCUT2D eigenvalue weighted by Gasteiger charge is -2.31. The summed E-state index contributed by atoms with van der Waals surface area (Å²) in [5.41, 5.74) is 6.42. The number of pyridine rings is 1. The van der Waals surface area contributed by atoms with Crippen molar-refractivity contribution in [2.24, 2.45) is 0 Å². The van der Waals surface area contributed by atoms with Gasteiger partial charge >= 0.3 is 5.97 Å². The molecule has 1 unspecified atom stereocenters. The lowest BCUT2D eigenvalue weighted by atomic mass is 9.77. The number of carbonyl (C=O) groups is 1. The average Bonchev–Trinajstić information content (AvgIpc) is 3.16. The monoisotopic (exact) mass is 361 g/mol. The molecule has 0 amide bonds. The van der Waals surface area contributed by atoms with Gasteiger partial charge in [-0.2, -0.15) is 0 Å². The third-order valence-corrected chi connectivity index (χ3v) is 4.84. The van der Waals surface area contributed by atoms with Gasteiger partial charge in [0.05, 0.1) is 12.7 Å². The van der Waals surface area contributed by atoms with E-state index in [-0.39, 0.29) is 11.9 Å². The van der Waals surface area contributed by atoms with E-state index in [9.17, 15) is 4.79 Å². The number of dihydropyridines is 1. The first-order valence-electron chi connectivity index (χ1n) is 8.61. The Balaban J connectivity index is 2.02. The van der Waals surface area contributed by atoms with E-state index in [4.69, 9.17) is 9.15 Å². The van der Waals surface area contributed by atoms with E-state index in [2.05, 4.69) is 15.3 Å². The van der Waals surface area contributed by atoms with Gasteiger partial charge in [-0.25, -0.2) is 9.78 Å². The van der Waals surface area contributed by atoms with Crippen LogP contribution < -0.4 is 5.32 Å². The normalized spacial score (nSPS) is 17.2. The fourth-order valence-corrected chi connectivity index (χ4v) is 3.73. The predicted octanol–water partition coefficient (Wildman–Crippen LogP) is 3.79. The van der Waals surface area contributed by atoms with Crippen molar-refractivity contribution in [2.75, 3.05) is 7.11 Å². The quantitative estimate of drug-likeness (QED) is 0.715. The molecule has 1 aliphatic heterocycles. The summed E-state index contributed by atoms with van der Waals surface area (Å²) in [7, 11) is 1.39. The van der Waals surface area contributed by atoms with E-state index in [0.29, 0.717) is 11.2 Å². The standard InChI is InChI=1S/C21H19N3O3/c1-12-17(14-6-5-9-22-10-14)19(18(13(2)24-12)21(25)26-3)15-7-4-8-16-20(15)27-11-23-16/h4-11,19,24H,1-3H3. The number of nitrogens with zero attached hydrogens (tertiary/aromatic N) is 2. The highest BCUT2D eigenvalue weighted by Crippen LogP contribution is 2.45. The number of para-hydroxylation sites is 1. The largest absolute Gasteiger partial charge is 0.466 e. The van der Waals surface area contributed by atoms with E-state index in [1.807, 2.05) is 44.2 Å². The molecule has 0 spiro atoms. The minimum atomic E-state index is -0.379.